The van der Waals surface area contributed by atoms with E-state index < -0.39 is 0 Å². The third-order valence-corrected chi connectivity index (χ3v) is 4.03. The maximum absolute atomic E-state index is 5.92. The van der Waals surface area contributed by atoms with Gasteiger partial charge in [-0.15, -0.1) is 11.3 Å². The van der Waals surface area contributed by atoms with Crippen LogP contribution in [0.3, 0.4) is 0 Å². The van der Waals surface area contributed by atoms with Gasteiger partial charge in [-0.1, -0.05) is 0 Å². The quantitative estimate of drug-likeness (QED) is 0.850. The molecule has 0 amide bonds. The van der Waals surface area contributed by atoms with Gasteiger partial charge in [0, 0.05) is 23.7 Å². The molecule has 1 fully saturated rings. The van der Waals surface area contributed by atoms with Crippen LogP contribution in [-0.4, -0.2) is 29.0 Å². The van der Waals surface area contributed by atoms with Crippen LogP contribution in [0.15, 0.2) is 5.38 Å². The number of rotatable bonds is 3. The Balaban J connectivity index is 1.87. The Bertz CT molecular complexity index is 321. The molecule has 0 saturated carbocycles. The van der Waals surface area contributed by atoms with Gasteiger partial charge in [-0.2, -0.15) is 0 Å². The van der Waals surface area contributed by atoms with Crippen LogP contribution in [0.1, 0.15) is 24.0 Å². The molecule has 0 bridgehead atoms. The van der Waals surface area contributed by atoms with Gasteiger partial charge in [0.25, 0.3) is 0 Å². The monoisotopic (exact) mass is 225 g/mol. The summed E-state index contributed by atoms with van der Waals surface area (Å²) in [5.41, 5.74) is 7.05. The summed E-state index contributed by atoms with van der Waals surface area (Å²) in [4.78, 5) is 6.95. The van der Waals surface area contributed by atoms with Crippen molar-refractivity contribution in [1.29, 1.82) is 0 Å². The van der Waals surface area contributed by atoms with Crippen LogP contribution in [0.25, 0.3) is 0 Å². The van der Waals surface area contributed by atoms with Gasteiger partial charge in [0.05, 0.1) is 6.54 Å². The largest absolute Gasteiger partial charge is 0.328 e. The lowest BCUT2D eigenvalue weighted by Crippen LogP contribution is -2.29. The van der Waals surface area contributed by atoms with Crippen molar-refractivity contribution >= 4 is 11.3 Å². The standard InChI is InChI=1S/C11H19N3S/c1-8-7-15-11(13-8)6-14-4-3-10(5-14)9(2)12/h7,9-10H,3-6,12H2,1-2H3. The van der Waals surface area contributed by atoms with Gasteiger partial charge in [-0.05, 0) is 32.7 Å². The predicted molar refractivity (Wildman–Crippen MR) is 63.9 cm³/mol. The Labute approximate surface area is 95.3 Å². The van der Waals surface area contributed by atoms with Crippen LogP contribution in [0, 0.1) is 12.8 Å². The molecule has 84 valence electrons. The van der Waals surface area contributed by atoms with E-state index in [4.69, 9.17) is 5.73 Å². The van der Waals surface area contributed by atoms with E-state index in [0.29, 0.717) is 12.0 Å². The summed E-state index contributed by atoms with van der Waals surface area (Å²) in [5, 5.41) is 3.35. The molecule has 2 heterocycles. The van der Waals surface area contributed by atoms with E-state index in [9.17, 15) is 0 Å². The van der Waals surface area contributed by atoms with Crippen molar-refractivity contribution in [1.82, 2.24) is 9.88 Å². The van der Waals surface area contributed by atoms with Gasteiger partial charge in [0.15, 0.2) is 0 Å². The number of likely N-dealkylation sites (tertiary alicyclic amines) is 1. The lowest BCUT2D eigenvalue weighted by Gasteiger charge is -2.16. The zero-order valence-electron chi connectivity index (χ0n) is 9.44. The molecule has 1 aromatic rings. The Hall–Kier alpha value is -0.450. The maximum Gasteiger partial charge on any atom is 0.107 e. The van der Waals surface area contributed by atoms with Crippen LogP contribution in [0.2, 0.25) is 0 Å². The Morgan fingerprint density at radius 3 is 3.07 bits per heavy atom. The fraction of sp³-hybridized carbons (Fsp3) is 0.727. The Morgan fingerprint density at radius 2 is 2.53 bits per heavy atom. The predicted octanol–water partition coefficient (Wildman–Crippen LogP) is 1.62. The van der Waals surface area contributed by atoms with E-state index in [1.165, 1.54) is 18.0 Å². The summed E-state index contributed by atoms with van der Waals surface area (Å²) in [5.74, 6) is 0.672. The smallest absolute Gasteiger partial charge is 0.107 e. The van der Waals surface area contributed by atoms with Gasteiger partial charge in [0.2, 0.25) is 0 Å². The summed E-state index contributed by atoms with van der Waals surface area (Å²) in [6, 6.07) is 0.327. The highest BCUT2D eigenvalue weighted by Crippen LogP contribution is 2.21. The Morgan fingerprint density at radius 1 is 1.73 bits per heavy atom. The van der Waals surface area contributed by atoms with Crippen molar-refractivity contribution in [2.45, 2.75) is 32.9 Å². The molecule has 0 radical (unpaired) electrons. The van der Waals surface area contributed by atoms with Crippen LogP contribution >= 0.6 is 11.3 Å². The van der Waals surface area contributed by atoms with Crippen molar-refractivity contribution in [3.05, 3.63) is 16.1 Å². The molecular weight excluding hydrogens is 206 g/mol. The minimum absolute atomic E-state index is 0.327. The van der Waals surface area contributed by atoms with Crippen LogP contribution in [0.4, 0.5) is 0 Å². The van der Waals surface area contributed by atoms with Crippen molar-refractivity contribution in [3.8, 4) is 0 Å². The molecule has 2 rings (SSSR count). The normalized spacial score (nSPS) is 24.6. The van der Waals surface area contributed by atoms with E-state index in [0.717, 1.165) is 18.8 Å². The van der Waals surface area contributed by atoms with Gasteiger partial charge in [-0.25, -0.2) is 4.98 Å². The molecule has 3 nitrogen and oxygen atoms in total. The summed E-state index contributed by atoms with van der Waals surface area (Å²) in [6.07, 6.45) is 1.24. The van der Waals surface area contributed by atoms with Crippen LogP contribution in [0.5, 0.6) is 0 Å². The third kappa shape index (κ3) is 2.77. The van der Waals surface area contributed by atoms with Gasteiger partial charge in [-0.3, -0.25) is 4.90 Å². The average molecular weight is 225 g/mol. The molecule has 0 aliphatic carbocycles. The second kappa shape index (κ2) is 4.60. The number of hydrogen-bond donors (Lipinski definition) is 1. The van der Waals surface area contributed by atoms with E-state index >= 15 is 0 Å². The van der Waals surface area contributed by atoms with E-state index in [2.05, 4.69) is 29.1 Å². The summed E-state index contributed by atoms with van der Waals surface area (Å²) in [7, 11) is 0. The molecule has 1 aliphatic rings. The second-order valence-electron chi connectivity index (χ2n) is 4.53. The lowest BCUT2D eigenvalue weighted by atomic mass is 10.0. The molecule has 2 unspecified atom stereocenters. The zero-order valence-corrected chi connectivity index (χ0v) is 10.3. The molecule has 2 N–H and O–H groups in total. The first kappa shape index (κ1) is 11.0. The number of thiazole rings is 1. The minimum atomic E-state index is 0.327. The number of aryl methyl sites for hydroxylation is 1. The first-order valence-electron chi connectivity index (χ1n) is 5.54. The summed E-state index contributed by atoms with van der Waals surface area (Å²) in [6.45, 7) is 7.47. The first-order valence-corrected chi connectivity index (χ1v) is 6.42. The molecule has 4 heteroatoms. The van der Waals surface area contributed by atoms with Gasteiger partial charge in [0.1, 0.15) is 5.01 Å². The summed E-state index contributed by atoms with van der Waals surface area (Å²) >= 11 is 1.76. The minimum Gasteiger partial charge on any atom is -0.328 e. The number of nitrogens with zero attached hydrogens (tertiary/aromatic N) is 2. The molecule has 1 saturated heterocycles. The highest BCUT2D eigenvalue weighted by Gasteiger charge is 2.25. The average Bonchev–Trinajstić information content (AvgIpc) is 2.76. The van der Waals surface area contributed by atoms with Gasteiger partial charge < -0.3 is 5.73 Å². The van der Waals surface area contributed by atoms with Crippen molar-refractivity contribution < 1.29 is 0 Å². The zero-order chi connectivity index (χ0) is 10.8. The maximum atomic E-state index is 5.92. The summed E-state index contributed by atoms with van der Waals surface area (Å²) < 4.78 is 0. The van der Waals surface area contributed by atoms with E-state index in [-0.39, 0.29) is 0 Å². The Kier molecular flexibility index (Phi) is 3.38. The molecule has 0 spiro atoms. The molecule has 1 aromatic heterocycles. The van der Waals surface area contributed by atoms with Crippen LogP contribution < -0.4 is 5.73 Å². The topological polar surface area (TPSA) is 42.1 Å². The SMILES string of the molecule is Cc1csc(CN2CCC(C(C)N)C2)n1. The van der Waals surface area contributed by atoms with Crippen molar-refractivity contribution in [3.63, 3.8) is 0 Å². The molecule has 15 heavy (non-hydrogen) atoms. The third-order valence-electron chi connectivity index (χ3n) is 3.08. The molecule has 2 atom stereocenters. The highest BCUT2D eigenvalue weighted by atomic mass is 32.1. The number of hydrogen-bond acceptors (Lipinski definition) is 4. The fourth-order valence-electron chi connectivity index (χ4n) is 2.10. The molecular formula is C11H19N3S. The van der Waals surface area contributed by atoms with Crippen LogP contribution in [-0.2, 0) is 6.54 Å². The highest BCUT2D eigenvalue weighted by molar-refractivity contribution is 7.09. The van der Waals surface area contributed by atoms with Crippen molar-refractivity contribution in [2.75, 3.05) is 13.1 Å². The first-order chi connectivity index (χ1) is 7.15. The lowest BCUT2D eigenvalue weighted by molar-refractivity contribution is 0.308. The number of aromatic nitrogens is 1. The fourth-order valence-corrected chi connectivity index (χ4v) is 2.92. The number of nitrogens with two attached hydrogens (primary N) is 1. The van der Waals surface area contributed by atoms with Crippen molar-refractivity contribution in [2.24, 2.45) is 11.7 Å². The van der Waals surface area contributed by atoms with Gasteiger partial charge >= 0.3 is 0 Å². The second-order valence-corrected chi connectivity index (χ2v) is 5.47. The van der Waals surface area contributed by atoms with E-state index in [1.807, 2.05) is 0 Å². The van der Waals surface area contributed by atoms with E-state index in [1.54, 1.807) is 11.3 Å². The molecule has 0 aromatic carbocycles. The molecule has 1 aliphatic heterocycles.